The summed E-state index contributed by atoms with van der Waals surface area (Å²) < 4.78 is 12.9. The molecule has 0 saturated carbocycles. The molecule has 0 heterocycles. The van der Waals surface area contributed by atoms with Crippen molar-refractivity contribution in [3.63, 3.8) is 0 Å². The number of benzene rings is 16. The smallest absolute Gasteiger partial charge is 0.119 e. The molecule has 0 N–H and O–H groups in total. The molecule has 16 aromatic carbocycles. The van der Waals surface area contributed by atoms with E-state index >= 15 is 0 Å². The largest absolute Gasteiger partial charge is 0.494 e. The lowest BCUT2D eigenvalue weighted by Gasteiger charge is -2.35. The van der Waals surface area contributed by atoms with Crippen LogP contribution in [0.15, 0.2) is 377 Å². The minimum absolute atomic E-state index is 0.450. The second kappa shape index (κ2) is 34.3. The van der Waals surface area contributed by atoms with Crippen LogP contribution in [-0.4, -0.2) is 13.2 Å². The average Bonchev–Trinajstić information content (AvgIpc) is 1.53. The van der Waals surface area contributed by atoms with Crippen molar-refractivity contribution >= 4 is 67.8 Å². The van der Waals surface area contributed by atoms with Gasteiger partial charge in [0.05, 0.1) is 24.6 Å². The maximum Gasteiger partial charge on any atom is 0.119 e. The molecule has 578 valence electrons. The summed E-state index contributed by atoms with van der Waals surface area (Å²) in [6, 6.07) is 137. The van der Waals surface area contributed by atoms with Gasteiger partial charge in [0.25, 0.3) is 0 Å². The fraction of sp³-hybridized carbons (Fsp3) is 0.158. The Labute approximate surface area is 697 Å². The molecule has 16 aromatic rings. The quantitative estimate of drug-likeness (QED) is 0.0404. The van der Waals surface area contributed by atoms with Crippen molar-refractivity contribution in [2.75, 3.05) is 23.0 Å². The van der Waals surface area contributed by atoms with Gasteiger partial charge in [-0.05, 0) is 271 Å². The van der Waals surface area contributed by atoms with Crippen molar-refractivity contribution in [2.45, 2.75) is 102 Å². The van der Waals surface area contributed by atoms with Crippen molar-refractivity contribution in [2.24, 2.45) is 0 Å². The molecule has 2 aliphatic rings. The number of ether oxygens (including phenoxy) is 2. The predicted octanol–water partition coefficient (Wildman–Crippen LogP) is 31.0. The molecule has 4 heteroatoms. The van der Waals surface area contributed by atoms with Gasteiger partial charge in [-0.2, -0.15) is 0 Å². The van der Waals surface area contributed by atoms with Gasteiger partial charge in [0.1, 0.15) is 11.5 Å². The number of hydrogen-bond acceptors (Lipinski definition) is 4. The zero-order valence-electron chi connectivity index (χ0n) is 67.8. The summed E-state index contributed by atoms with van der Waals surface area (Å²) in [7, 11) is 0. The monoisotopic (exact) mass is 1530 g/mol. The van der Waals surface area contributed by atoms with E-state index in [1.807, 2.05) is 12.2 Å². The van der Waals surface area contributed by atoms with E-state index in [1.54, 1.807) is 0 Å². The number of hydrogen-bond donors (Lipinski definition) is 0. The summed E-state index contributed by atoms with van der Waals surface area (Å²) in [5.74, 6) is 1.77. The number of unbranched alkanes of at least 4 members (excludes halogenated alkanes) is 4. The van der Waals surface area contributed by atoms with Crippen LogP contribution in [0, 0.1) is 0 Å². The first kappa shape index (κ1) is 76.0. The van der Waals surface area contributed by atoms with Crippen LogP contribution in [-0.2, 0) is 23.7 Å². The molecular formula is C114H100N2O2. The predicted molar refractivity (Wildman–Crippen MR) is 500 cm³/mol. The van der Waals surface area contributed by atoms with Crippen LogP contribution in [0.2, 0.25) is 0 Å². The molecule has 0 amide bonds. The van der Waals surface area contributed by atoms with E-state index in [1.165, 1.54) is 122 Å². The molecule has 4 nitrogen and oxygen atoms in total. The summed E-state index contributed by atoms with van der Waals surface area (Å²) in [6.07, 6.45) is 15.2. The fourth-order valence-electron chi connectivity index (χ4n) is 19.3. The molecule has 0 aromatic heterocycles. The molecule has 0 radical (unpaired) electrons. The Morgan fingerprint density at radius 3 is 1.00 bits per heavy atom. The van der Waals surface area contributed by atoms with E-state index < -0.39 is 10.8 Å². The number of aryl methyl sites for hydroxylation is 2. The Hall–Kier alpha value is -13.3. The van der Waals surface area contributed by atoms with Crippen LogP contribution < -0.4 is 19.3 Å². The van der Waals surface area contributed by atoms with Gasteiger partial charge >= 0.3 is 0 Å². The summed E-state index contributed by atoms with van der Waals surface area (Å²) in [4.78, 5) is 5.20. The van der Waals surface area contributed by atoms with Gasteiger partial charge in [0, 0.05) is 44.4 Å². The van der Waals surface area contributed by atoms with E-state index in [2.05, 4.69) is 401 Å². The van der Waals surface area contributed by atoms with Crippen molar-refractivity contribution < 1.29 is 9.47 Å². The third kappa shape index (κ3) is 14.5. The molecule has 118 heavy (non-hydrogen) atoms. The summed E-state index contributed by atoms with van der Waals surface area (Å²) in [6.45, 7) is 13.9. The molecule has 0 bridgehead atoms. The van der Waals surface area contributed by atoms with E-state index in [4.69, 9.17) is 9.47 Å². The number of anilines is 6. The van der Waals surface area contributed by atoms with Gasteiger partial charge in [-0.3, -0.25) is 0 Å². The van der Waals surface area contributed by atoms with Crippen molar-refractivity contribution in [1.82, 2.24) is 0 Å². The Morgan fingerprint density at radius 2 is 0.619 bits per heavy atom. The van der Waals surface area contributed by atoms with Crippen LogP contribution in [0.4, 0.5) is 34.1 Å². The van der Waals surface area contributed by atoms with Crippen molar-refractivity contribution in [3.05, 3.63) is 433 Å². The Morgan fingerprint density at radius 1 is 0.288 bits per heavy atom. The summed E-state index contributed by atoms with van der Waals surface area (Å²) in [5, 5.41) is 4.89. The lowest BCUT2D eigenvalue weighted by molar-refractivity contribution is 0.301. The van der Waals surface area contributed by atoms with Gasteiger partial charge in [-0.25, -0.2) is 0 Å². The zero-order chi connectivity index (χ0) is 79.8. The number of fused-ring (bicyclic) bond motifs is 8. The van der Waals surface area contributed by atoms with E-state index in [0.717, 1.165) is 134 Å². The van der Waals surface area contributed by atoms with Gasteiger partial charge < -0.3 is 19.3 Å². The van der Waals surface area contributed by atoms with Crippen LogP contribution in [0.3, 0.4) is 0 Å². The van der Waals surface area contributed by atoms with E-state index in [0.29, 0.717) is 13.2 Å². The minimum atomic E-state index is -0.450. The highest BCUT2D eigenvalue weighted by molar-refractivity contribution is 6.15. The van der Waals surface area contributed by atoms with Gasteiger partial charge in [0.2, 0.25) is 0 Å². The second-order valence-electron chi connectivity index (χ2n) is 31.9. The lowest BCUT2D eigenvalue weighted by atomic mass is 9.69. The van der Waals surface area contributed by atoms with Crippen LogP contribution in [0.1, 0.15) is 134 Å². The molecule has 2 unspecified atom stereocenters. The number of rotatable bonds is 31. The minimum Gasteiger partial charge on any atom is -0.494 e. The Kier molecular flexibility index (Phi) is 22.1. The standard InChI is InChI=1S/C114H100N2O2/c1-5-9-35-87-77-109(115(91-61-57-85(58-62-91)83-37-15-11-16-38-83)93-65-71-99-97-45-27-29-51-105(97)113(107(99)79-93,89-41-19-13-20-42-89)73-31-33-75-117-95-67-53-81(7-3)54-68-95)101-47-23-25-49-103(101)111(87)112-88(36-10-6-2)78-110(102-48-24-26-50-104(102)112)116(92-63-59-86(60-64-92)84-39-17-12-18-40-84)94-66-72-100-98-46-28-30-52-106(98)114(108(100)80-94,90-43-21-14-22-44-90)74-32-34-76-118-96-69-55-82(8-4)56-70-96/h7-8,11-30,37-72,77-80H,3-6,9-10,31-36,73-76H2,1-2H3. The highest BCUT2D eigenvalue weighted by Crippen LogP contribution is 2.60. The normalized spacial score (nSPS) is 14.3. The van der Waals surface area contributed by atoms with Crippen LogP contribution in [0.5, 0.6) is 11.5 Å². The third-order valence-corrected chi connectivity index (χ3v) is 25.0. The van der Waals surface area contributed by atoms with Crippen molar-refractivity contribution in [1.29, 1.82) is 0 Å². The fourth-order valence-corrected chi connectivity index (χ4v) is 19.3. The first-order valence-electron chi connectivity index (χ1n) is 42.7. The first-order valence-corrected chi connectivity index (χ1v) is 42.7. The van der Waals surface area contributed by atoms with Crippen LogP contribution in [0.25, 0.3) is 89.3 Å². The Balaban J connectivity index is 0.812. The average molecular weight is 1530 g/mol. The third-order valence-electron chi connectivity index (χ3n) is 25.0. The van der Waals surface area contributed by atoms with Crippen LogP contribution >= 0.6 is 0 Å². The number of nitrogens with zero attached hydrogens (tertiary/aromatic N) is 2. The summed E-state index contributed by atoms with van der Waals surface area (Å²) in [5.41, 5.74) is 31.2. The highest BCUT2D eigenvalue weighted by Gasteiger charge is 2.46. The second-order valence-corrected chi connectivity index (χ2v) is 31.9. The molecule has 0 aliphatic heterocycles. The molecule has 2 aliphatic carbocycles. The molecule has 0 spiro atoms. The Bertz CT molecular complexity index is 5850. The van der Waals surface area contributed by atoms with Gasteiger partial charge in [-0.15, -0.1) is 0 Å². The maximum atomic E-state index is 6.46. The van der Waals surface area contributed by atoms with Gasteiger partial charge in [-0.1, -0.05) is 331 Å². The zero-order valence-corrected chi connectivity index (χ0v) is 67.8. The summed E-state index contributed by atoms with van der Waals surface area (Å²) >= 11 is 0. The molecular weight excluding hydrogens is 1430 g/mol. The maximum absolute atomic E-state index is 6.46. The molecule has 18 rings (SSSR count). The van der Waals surface area contributed by atoms with Gasteiger partial charge in [0.15, 0.2) is 0 Å². The van der Waals surface area contributed by atoms with E-state index in [9.17, 15) is 0 Å². The van der Waals surface area contributed by atoms with Crippen molar-refractivity contribution in [3.8, 4) is 67.1 Å². The highest BCUT2D eigenvalue weighted by atomic mass is 16.5. The lowest BCUT2D eigenvalue weighted by Crippen LogP contribution is -2.27. The molecule has 0 saturated heterocycles. The first-order chi connectivity index (χ1) is 58.3. The molecule has 0 fully saturated rings. The molecule has 2 atom stereocenters. The topological polar surface area (TPSA) is 24.9 Å². The SMILES string of the molecule is C=Cc1ccc(OCCCCC2(c3ccccc3)c3ccccc3-c3ccc(N(c4ccc(-c5ccccc5)cc4)c4cc(CCCC)c(-c5c(CCCC)cc(N(c6ccc(-c7ccccc7)cc6)c6ccc7c(c6)C(CCCCOc6ccc(C=C)cc6)(c6ccccc6)c6ccccc6-7)c6ccccc56)c5ccccc45)cc32)cc1. The van der Waals surface area contributed by atoms with E-state index in [-0.39, 0.29) is 0 Å².